The number of β-amino-alcohol motifs (C(OH)–C–C–N with tert-alkyl or cyclic N) is 1. The quantitative estimate of drug-likeness (QED) is 0.891. The molecule has 2 heterocycles. The van der Waals surface area contributed by atoms with Gasteiger partial charge in [-0.1, -0.05) is 12.1 Å². The molecule has 1 aliphatic heterocycles. The Balaban J connectivity index is 1.94. The predicted molar refractivity (Wildman–Crippen MR) is 59.3 cm³/mol. The Morgan fingerprint density at radius 1 is 1.67 bits per heavy atom. The second-order valence-corrected chi connectivity index (χ2v) is 5.12. The number of halogens is 1. The predicted octanol–water partition coefficient (Wildman–Crippen LogP) is 1.64. The molecule has 0 amide bonds. The van der Waals surface area contributed by atoms with Gasteiger partial charge in [-0.3, -0.25) is 4.90 Å². The monoisotopic (exact) mass is 274 g/mol. The van der Waals surface area contributed by atoms with Crippen molar-refractivity contribution in [3.63, 3.8) is 0 Å². The van der Waals surface area contributed by atoms with Gasteiger partial charge in [0.2, 0.25) is 0 Å². The van der Waals surface area contributed by atoms with Crippen LogP contribution in [0.4, 0.5) is 0 Å². The first-order chi connectivity index (χ1) is 7.13. The normalized spacial score (nSPS) is 28.2. The molecule has 1 N–H and O–H groups in total. The third-order valence-corrected chi connectivity index (χ3v) is 3.00. The lowest BCUT2D eigenvalue weighted by molar-refractivity contribution is 0.0368. The summed E-state index contributed by atoms with van der Waals surface area (Å²) in [5.41, 5.74) is 0. The van der Waals surface area contributed by atoms with Crippen molar-refractivity contribution in [2.24, 2.45) is 5.92 Å². The Hall–Kier alpha value is -0.390. The first kappa shape index (κ1) is 11.1. The Labute approximate surface area is 97.4 Å². The summed E-state index contributed by atoms with van der Waals surface area (Å²) < 4.78 is 5.84. The molecule has 1 aromatic heterocycles. The number of hydrogen-bond acceptors (Lipinski definition) is 4. The topological polar surface area (TPSA) is 49.5 Å². The minimum absolute atomic E-state index is 0.208. The third-order valence-electron chi connectivity index (χ3n) is 2.62. The fraction of sp³-hybridized carbons (Fsp3) is 0.700. The molecule has 1 saturated heterocycles. The van der Waals surface area contributed by atoms with Crippen LogP contribution < -0.4 is 0 Å². The maximum Gasteiger partial charge on any atom is 0.151 e. The van der Waals surface area contributed by atoms with Crippen LogP contribution in [0.15, 0.2) is 15.2 Å². The van der Waals surface area contributed by atoms with E-state index >= 15 is 0 Å². The van der Waals surface area contributed by atoms with Gasteiger partial charge < -0.3 is 9.63 Å². The first-order valence-electron chi connectivity index (χ1n) is 5.15. The van der Waals surface area contributed by atoms with Gasteiger partial charge in [-0.05, 0) is 28.3 Å². The molecule has 2 rings (SSSR count). The number of aliphatic hydroxyl groups is 1. The molecular formula is C10H15BrN2O2. The van der Waals surface area contributed by atoms with Gasteiger partial charge in [-0.15, -0.1) is 0 Å². The Morgan fingerprint density at radius 3 is 3.07 bits per heavy atom. The number of likely N-dealkylation sites (tertiary alicyclic amines) is 1. The highest BCUT2D eigenvalue weighted by atomic mass is 79.9. The van der Waals surface area contributed by atoms with E-state index < -0.39 is 0 Å². The zero-order valence-corrected chi connectivity index (χ0v) is 10.3. The van der Waals surface area contributed by atoms with Crippen LogP contribution >= 0.6 is 15.9 Å². The molecule has 1 fully saturated rings. The fourth-order valence-electron chi connectivity index (χ4n) is 2.14. The number of aliphatic hydroxyl groups excluding tert-OH is 1. The van der Waals surface area contributed by atoms with Crippen molar-refractivity contribution in [2.45, 2.75) is 26.0 Å². The Kier molecular flexibility index (Phi) is 3.43. The van der Waals surface area contributed by atoms with E-state index in [4.69, 9.17) is 4.52 Å². The van der Waals surface area contributed by atoms with Gasteiger partial charge >= 0.3 is 0 Å². The van der Waals surface area contributed by atoms with Gasteiger partial charge in [0.1, 0.15) is 4.60 Å². The molecule has 15 heavy (non-hydrogen) atoms. The molecule has 1 aromatic rings. The summed E-state index contributed by atoms with van der Waals surface area (Å²) in [7, 11) is 0. The van der Waals surface area contributed by atoms with Crippen LogP contribution in [0.5, 0.6) is 0 Å². The lowest BCUT2D eigenvalue weighted by Gasteiger charge is -2.33. The number of piperidine rings is 1. The largest absolute Gasteiger partial charge is 0.392 e. The van der Waals surface area contributed by atoms with Crippen molar-refractivity contribution in [3.8, 4) is 0 Å². The Morgan fingerprint density at radius 2 is 2.47 bits per heavy atom. The van der Waals surface area contributed by atoms with Crippen LogP contribution in [0.25, 0.3) is 0 Å². The second-order valence-electron chi connectivity index (χ2n) is 4.30. The summed E-state index contributed by atoms with van der Waals surface area (Å²) >= 11 is 3.25. The lowest BCUT2D eigenvalue weighted by atomic mass is 9.98. The van der Waals surface area contributed by atoms with Crippen molar-refractivity contribution in [1.82, 2.24) is 10.1 Å². The average molecular weight is 275 g/mol. The van der Waals surface area contributed by atoms with Gasteiger partial charge in [0.25, 0.3) is 0 Å². The molecule has 5 heteroatoms. The number of hydrogen-bond donors (Lipinski definition) is 1. The number of rotatable bonds is 2. The van der Waals surface area contributed by atoms with Gasteiger partial charge in [-0.25, -0.2) is 0 Å². The van der Waals surface area contributed by atoms with Crippen molar-refractivity contribution in [2.75, 3.05) is 13.1 Å². The third kappa shape index (κ3) is 3.03. The van der Waals surface area contributed by atoms with Crippen molar-refractivity contribution in [3.05, 3.63) is 16.4 Å². The zero-order valence-electron chi connectivity index (χ0n) is 8.69. The van der Waals surface area contributed by atoms with E-state index in [1.165, 1.54) is 0 Å². The minimum atomic E-state index is -0.208. The molecule has 0 spiro atoms. The molecule has 0 aromatic carbocycles. The van der Waals surface area contributed by atoms with Crippen LogP contribution in [0.3, 0.4) is 0 Å². The highest BCUT2D eigenvalue weighted by molar-refractivity contribution is 9.10. The summed E-state index contributed by atoms with van der Waals surface area (Å²) in [6, 6.07) is 1.87. The van der Waals surface area contributed by atoms with Crippen LogP contribution in [-0.4, -0.2) is 34.4 Å². The molecule has 0 bridgehead atoms. The standard InChI is InChI=1S/C10H15BrN2O2/c1-7-2-8(14)5-13(4-7)6-9-3-10(11)12-15-9/h3,7-8,14H,2,4-6H2,1H3/t7-,8+/m1/s1. The molecule has 0 aliphatic carbocycles. The number of aromatic nitrogens is 1. The van der Waals surface area contributed by atoms with E-state index in [1.807, 2.05) is 6.07 Å². The van der Waals surface area contributed by atoms with Crippen LogP contribution in [-0.2, 0) is 6.54 Å². The van der Waals surface area contributed by atoms with E-state index in [0.717, 1.165) is 36.4 Å². The SMILES string of the molecule is C[C@@H]1C[C@H](O)CN(Cc2cc(Br)no2)C1. The summed E-state index contributed by atoms with van der Waals surface area (Å²) in [5.74, 6) is 1.38. The lowest BCUT2D eigenvalue weighted by Crippen LogP contribution is -2.41. The molecule has 4 nitrogen and oxygen atoms in total. The maximum atomic E-state index is 9.64. The van der Waals surface area contributed by atoms with Gasteiger partial charge in [0, 0.05) is 19.2 Å². The molecule has 0 unspecified atom stereocenters. The van der Waals surface area contributed by atoms with E-state index in [2.05, 4.69) is 32.9 Å². The molecule has 1 aliphatic rings. The summed E-state index contributed by atoms with van der Waals surface area (Å²) in [6.07, 6.45) is 0.691. The Bertz CT molecular complexity index is 319. The minimum Gasteiger partial charge on any atom is -0.392 e. The highest BCUT2D eigenvalue weighted by Gasteiger charge is 2.23. The fourth-order valence-corrected chi connectivity index (χ4v) is 2.47. The average Bonchev–Trinajstić information content (AvgIpc) is 2.49. The summed E-state index contributed by atoms with van der Waals surface area (Å²) in [5, 5.41) is 13.4. The van der Waals surface area contributed by atoms with E-state index in [-0.39, 0.29) is 6.10 Å². The first-order valence-corrected chi connectivity index (χ1v) is 5.94. The maximum absolute atomic E-state index is 9.64. The van der Waals surface area contributed by atoms with Gasteiger partial charge in [0.15, 0.2) is 5.76 Å². The van der Waals surface area contributed by atoms with Gasteiger partial charge in [0.05, 0.1) is 12.6 Å². The summed E-state index contributed by atoms with van der Waals surface area (Å²) in [6.45, 7) is 4.61. The molecule has 2 atom stereocenters. The molecular weight excluding hydrogens is 260 g/mol. The molecule has 84 valence electrons. The van der Waals surface area contributed by atoms with Crippen molar-refractivity contribution < 1.29 is 9.63 Å². The van der Waals surface area contributed by atoms with Crippen molar-refractivity contribution >= 4 is 15.9 Å². The zero-order chi connectivity index (χ0) is 10.8. The summed E-state index contributed by atoms with van der Waals surface area (Å²) in [4.78, 5) is 2.20. The van der Waals surface area contributed by atoms with E-state index in [0.29, 0.717) is 5.92 Å². The van der Waals surface area contributed by atoms with Crippen LogP contribution in [0, 0.1) is 5.92 Å². The molecule has 0 saturated carbocycles. The molecule has 0 radical (unpaired) electrons. The highest BCUT2D eigenvalue weighted by Crippen LogP contribution is 2.19. The van der Waals surface area contributed by atoms with E-state index in [1.54, 1.807) is 0 Å². The number of nitrogens with zero attached hydrogens (tertiary/aromatic N) is 2. The van der Waals surface area contributed by atoms with E-state index in [9.17, 15) is 5.11 Å². The van der Waals surface area contributed by atoms with Gasteiger partial charge in [-0.2, -0.15) is 0 Å². The second kappa shape index (κ2) is 4.63. The van der Waals surface area contributed by atoms with Crippen LogP contribution in [0.1, 0.15) is 19.1 Å². The van der Waals surface area contributed by atoms with Crippen LogP contribution in [0.2, 0.25) is 0 Å². The van der Waals surface area contributed by atoms with Crippen molar-refractivity contribution in [1.29, 1.82) is 0 Å². The smallest absolute Gasteiger partial charge is 0.151 e.